The summed E-state index contributed by atoms with van der Waals surface area (Å²) >= 11 is 0. The number of anilines is 2. The molecule has 0 spiro atoms. The van der Waals surface area contributed by atoms with E-state index < -0.39 is 0 Å². The summed E-state index contributed by atoms with van der Waals surface area (Å²) in [7, 11) is 1.65. The minimum absolute atomic E-state index is 0.0315. The number of nitrogens with one attached hydrogen (secondary N) is 2. The topological polar surface area (TPSA) is 63.2 Å². The number of benzene rings is 2. The molecule has 0 atom stereocenters. The molecular formula is C22H22FN3O2. The molecule has 3 aromatic rings. The Balaban J connectivity index is 1.46. The fourth-order valence-corrected chi connectivity index (χ4v) is 2.72. The quantitative estimate of drug-likeness (QED) is 0.619. The molecule has 0 aliphatic rings. The summed E-state index contributed by atoms with van der Waals surface area (Å²) < 4.78 is 18.8. The molecule has 144 valence electrons. The SMILES string of the molecule is COc1ccc(CCNc2ccc(NC(=O)Cc3ccccc3F)nc2)cc1. The van der Waals surface area contributed by atoms with Gasteiger partial charge in [-0.25, -0.2) is 9.37 Å². The Labute approximate surface area is 163 Å². The Morgan fingerprint density at radius 3 is 2.54 bits per heavy atom. The van der Waals surface area contributed by atoms with Crippen molar-refractivity contribution in [3.63, 3.8) is 0 Å². The van der Waals surface area contributed by atoms with E-state index in [2.05, 4.69) is 15.6 Å². The maximum absolute atomic E-state index is 13.6. The molecule has 0 radical (unpaired) electrons. The zero-order valence-electron chi connectivity index (χ0n) is 15.6. The van der Waals surface area contributed by atoms with Crippen LogP contribution < -0.4 is 15.4 Å². The minimum Gasteiger partial charge on any atom is -0.497 e. The van der Waals surface area contributed by atoms with E-state index in [1.807, 2.05) is 30.3 Å². The number of methoxy groups -OCH3 is 1. The highest BCUT2D eigenvalue weighted by Crippen LogP contribution is 2.14. The number of halogens is 1. The van der Waals surface area contributed by atoms with Crippen molar-refractivity contribution in [1.82, 2.24) is 4.98 Å². The van der Waals surface area contributed by atoms with Gasteiger partial charge >= 0.3 is 0 Å². The number of nitrogens with zero attached hydrogens (tertiary/aromatic N) is 1. The van der Waals surface area contributed by atoms with Crippen LogP contribution in [0.3, 0.4) is 0 Å². The largest absolute Gasteiger partial charge is 0.497 e. The molecule has 1 amide bonds. The van der Waals surface area contributed by atoms with E-state index in [1.165, 1.54) is 11.6 Å². The third kappa shape index (κ3) is 5.54. The van der Waals surface area contributed by atoms with Crippen LogP contribution in [0.5, 0.6) is 5.75 Å². The van der Waals surface area contributed by atoms with Crippen LogP contribution in [0.15, 0.2) is 66.9 Å². The summed E-state index contributed by atoms with van der Waals surface area (Å²) in [6, 6.07) is 17.8. The highest BCUT2D eigenvalue weighted by atomic mass is 19.1. The lowest BCUT2D eigenvalue weighted by Gasteiger charge is -2.09. The first-order valence-corrected chi connectivity index (χ1v) is 9.00. The fraction of sp³-hybridized carbons (Fsp3) is 0.182. The zero-order valence-corrected chi connectivity index (χ0v) is 15.6. The van der Waals surface area contributed by atoms with E-state index in [-0.39, 0.29) is 18.1 Å². The molecule has 1 aromatic heterocycles. The Hall–Kier alpha value is -3.41. The first kappa shape index (κ1) is 19.4. The van der Waals surface area contributed by atoms with Gasteiger partial charge in [-0.3, -0.25) is 4.79 Å². The molecule has 0 aliphatic heterocycles. The first-order chi connectivity index (χ1) is 13.6. The average molecular weight is 379 g/mol. The number of ether oxygens (including phenoxy) is 1. The van der Waals surface area contributed by atoms with Gasteiger partial charge in [-0.15, -0.1) is 0 Å². The molecule has 0 bridgehead atoms. The van der Waals surface area contributed by atoms with Crippen molar-refractivity contribution in [2.45, 2.75) is 12.8 Å². The zero-order chi connectivity index (χ0) is 19.8. The van der Waals surface area contributed by atoms with Crippen LogP contribution in [0.25, 0.3) is 0 Å². The van der Waals surface area contributed by atoms with Crippen LogP contribution in [0.2, 0.25) is 0 Å². The van der Waals surface area contributed by atoms with Crippen molar-refractivity contribution < 1.29 is 13.9 Å². The summed E-state index contributed by atoms with van der Waals surface area (Å²) in [5, 5.41) is 5.97. The second-order valence-electron chi connectivity index (χ2n) is 6.27. The van der Waals surface area contributed by atoms with Gasteiger partial charge in [0.25, 0.3) is 0 Å². The molecule has 2 aromatic carbocycles. The van der Waals surface area contributed by atoms with E-state index in [0.29, 0.717) is 11.4 Å². The Kier molecular flexibility index (Phi) is 6.57. The summed E-state index contributed by atoms with van der Waals surface area (Å²) in [4.78, 5) is 16.3. The normalized spacial score (nSPS) is 10.4. The van der Waals surface area contributed by atoms with Gasteiger partial charge in [-0.2, -0.15) is 0 Å². The third-order valence-corrected chi connectivity index (χ3v) is 4.24. The summed E-state index contributed by atoms with van der Waals surface area (Å²) in [6.07, 6.45) is 2.49. The van der Waals surface area contributed by atoms with Crippen LogP contribution in [0, 0.1) is 5.82 Å². The van der Waals surface area contributed by atoms with Crippen molar-refractivity contribution in [3.8, 4) is 5.75 Å². The van der Waals surface area contributed by atoms with Crippen molar-refractivity contribution >= 4 is 17.4 Å². The Morgan fingerprint density at radius 1 is 1.07 bits per heavy atom. The van der Waals surface area contributed by atoms with Crippen LogP contribution >= 0.6 is 0 Å². The van der Waals surface area contributed by atoms with Crippen molar-refractivity contribution in [2.75, 3.05) is 24.3 Å². The van der Waals surface area contributed by atoms with E-state index in [9.17, 15) is 9.18 Å². The summed E-state index contributed by atoms with van der Waals surface area (Å²) in [5.74, 6) is 0.579. The van der Waals surface area contributed by atoms with E-state index in [4.69, 9.17) is 4.74 Å². The van der Waals surface area contributed by atoms with E-state index in [0.717, 1.165) is 24.4 Å². The number of aromatic nitrogens is 1. The van der Waals surface area contributed by atoms with Crippen molar-refractivity contribution in [1.29, 1.82) is 0 Å². The number of hydrogen-bond acceptors (Lipinski definition) is 4. The minimum atomic E-state index is -0.387. The average Bonchev–Trinajstić information content (AvgIpc) is 2.71. The molecule has 0 saturated heterocycles. The second kappa shape index (κ2) is 9.50. The Morgan fingerprint density at radius 2 is 1.86 bits per heavy atom. The molecule has 2 N–H and O–H groups in total. The number of pyridine rings is 1. The number of amides is 1. The van der Waals surface area contributed by atoms with E-state index >= 15 is 0 Å². The summed E-state index contributed by atoms with van der Waals surface area (Å²) in [6.45, 7) is 0.757. The molecule has 1 heterocycles. The predicted molar refractivity (Wildman–Crippen MR) is 108 cm³/mol. The highest BCUT2D eigenvalue weighted by molar-refractivity contribution is 5.91. The number of carbonyl (C=O) groups is 1. The molecule has 0 saturated carbocycles. The maximum atomic E-state index is 13.6. The monoisotopic (exact) mass is 379 g/mol. The maximum Gasteiger partial charge on any atom is 0.230 e. The molecule has 0 unspecified atom stereocenters. The number of rotatable bonds is 8. The molecule has 0 fully saturated rings. The van der Waals surface area contributed by atoms with Gasteiger partial charge in [-0.1, -0.05) is 30.3 Å². The number of carbonyl (C=O) groups excluding carboxylic acids is 1. The highest BCUT2D eigenvalue weighted by Gasteiger charge is 2.08. The van der Waals surface area contributed by atoms with Crippen molar-refractivity contribution in [3.05, 3.63) is 83.8 Å². The van der Waals surface area contributed by atoms with Crippen LogP contribution in [-0.4, -0.2) is 24.5 Å². The predicted octanol–water partition coefficient (Wildman–Crippen LogP) is 4.07. The first-order valence-electron chi connectivity index (χ1n) is 9.00. The van der Waals surface area contributed by atoms with E-state index in [1.54, 1.807) is 37.6 Å². The van der Waals surface area contributed by atoms with Crippen LogP contribution in [0.1, 0.15) is 11.1 Å². The molecular weight excluding hydrogens is 357 g/mol. The van der Waals surface area contributed by atoms with Gasteiger partial charge in [0, 0.05) is 6.54 Å². The van der Waals surface area contributed by atoms with Gasteiger partial charge in [-0.05, 0) is 47.9 Å². The molecule has 6 heteroatoms. The lowest BCUT2D eigenvalue weighted by molar-refractivity contribution is -0.115. The second-order valence-corrected chi connectivity index (χ2v) is 6.27. The molecule has 0 aliphatic carbocycles. The standard InChI is InChI=1S/C22H22FN3O2/c1-28-19-9-6-16(7-10-19)12-13-24-18-8-11-21(25-15-18)26-22(27)14-17-4-2-3-5-20(17)23/h2-11,15,24H,12-14H2,1H3,(H,25,26,27). The Bertz CT molecular complexity index is 912. The summed E-state index contributed by atoms with van der Waals surface area (Å²) in [5.41, 5.74) is 2.43. The third-order valence-electron chi connectivity index (χ3n) is 4.24. The van der Waals surface area contributed by atoms with Crippen molar-refractivity contribution in [2.24, 2.45) is 0 Å². The number of hydrogen-bond donors (Lipinski definition) is 2. The fourth-order valence-electron chi connectivity index (χ4n) is 2.72. The lowest BCUT2D eigenvalue weighted by Crippen LogP contribution is -2.16. The van der Waals surface area contributed by atoms with Crippen LogP contribution in [-0.2, 0) is 17.6 Å². The van der Waals surface area contributed by atoms with Gasteiger partial charge in [0.1, 0.15) is 17.4 Å². The van der Waals surface area contributed by atoms with Gasteiger partial charge in [0.05, 0.1) is 25.4 Å². The van der Waals surface area contributed by atoms with Gasteiger partial charge < -0.3 is 15.4 Å². The molecule has 3 rings (SSSR count). The molecule has 28 heavy (non-hydrogen) atoms. The van der Waals surface area contributed by atoms with Gasteiger partial charge in [0.15, 0.2) is 0 Å². The van der Waals surface area contributed by atoms with Crippen LogP contribution in [0.4, 0.5) is 15.9 Å². The lowest BCUT2D eigenvalue weighted by atomic mass is 10.1. The van der Waals surface area contributed by atoms with Gasteiger partial charge in [0.2, 0.25) is 5.91 Å². The smallest absolute Gasteiger partial charge is 0.230 e. The molecule has 5 nitrogen and oxygen atoms in total.